The van der Waals surface area contributed by atoms with E-state index in [1.807, 2.05) is 24.3 Å². The summed E-state index contributed by atoms with van der Waals surface area (Å²) in [5.41, 5.74) is 2.03. The Bertz CT molecular complexity index is 814. The number of nitrogens with one attached hydrogen (secondary N) is 2. The molecule has 0 bridgehead atoms. The van der Waals surface area contributed by atoms with Gasteiger partial charge in [-0.15, -0.1) is 0 Å². The first-order valence-corrected chi connectivity index (χ1v) is 7.05. The summed E-state index contributed by atoms with van der Waals surface area (Å²) in [5.74, 6) is 0.297. The SMILES string of the molecule is COc1ccc(Br)cc1C(=O)Nc1ccc2cn[nH]c2c1. The number of nitrogens with zero attached hydrogens (tertiary/aromatic N) is 1. The van der Waals surface area contributed by atoms with E-state index in [0.29, 0.717) is 17.0 Å². The van der Waals surface area contributed by atoms with Crippen LogP contribution in [-0.2, 0) is 0 Å². The third-order valence-corrected chi connectivity index (χ3v) is 3.60. The molecular formula is C15H12BrN3O2. The molecule has 1 amide bonds. The first-order valence-electron chi connectivity index (χ1n) is 6.25. The summed E-state index contributed by atoms with van der Waals surface area (Å²) >= 11 is 3.36. The number of anilines is 1. The standard InChI is InChI=1S/C15H12BrN3O2/c1-21-14-5-3-10(16)6-12(14)15(20)18-11-4-2-9-8-17-19-13(9)7-11/h2-8H,1H3,(H,17,19)(H,18,20). The normalized spacial score (nSPS) is 10.6. The highest BCUT2D eigenvalue weighted by atomic mass is 79.9. The lowest BCUT2D eigenvalue weighted by Gasteiger charge is -2.10. The number of H-pyrrole nitrogens is 1. The second kappa shape index (κ2) is 5.57. The number of benzene rings is 2. The average Bonchev–Trinajstić information content (AvgIpc) is 2.94. The van der Waals surface area contributed by atoms with Crippen molar-refractivity contribution in [1.82, 2.24) is 10.2 Å². The van der Waals surface area contributed by atoms with Crippen LogP contribution in [0.2, 0.25) is 0 Å². The zero-order valence-corrected chi connectivity index (χ0v) is 12.8. The molecule has 0 atom stereocenters. The van der Waals surface area contributed by atoms with Gasteiger partial charge in [0.1, 0.15) is 5.75 Å². The van der Waals surface area contributed by atoms with Crippen LogP contribution < -0.4 is 10.1 Å². The topological polar surface area (TPSA) is 67.0 Å². The monoisotopic (exact) mass is 345 g/mol. The molecule has 0 saturated heterocycles. The lowest BCUT2D eigenvalue weighted by atomic mass is 10.1. The number of hydrogen-bond acceptors (Lipinski definition) is 3. The summed E-state index contributed by atoms with van der Waals surface area (Å²) in [4.78, 5) is 12.4. The Morgan fingerprint density at radius 2 is 2.14 bits per heavy atom. The number of hydrogen-bond donors (Lipinski definition) is 2. The Kier molecular flexibility index (Phi) is 3.62. The minimum Gasteiger partial charge on any atom is -0.496 e. The third-order valence-electron chi connectivity index (χ3n) is 3.11. The molecule has 3 aromatic rings. The summed E-state index contributed by atoms with van der Waals surface area (Å²) in [6, 6.07) is 10.9. The summed E-state index contributed by atoms with van der Waals surface area (Å²) in [5, 5.41) is 10.7. The zero-order valence-electron chi connectivity index (χ0n) is 11.2. The van der Waals surface area contributed by atoms with Gasteiger partial charge < -0.3 is 10.1 Å². The van der Waals surface area contributed by atoms with E-state index >= 15 is 0 Å². The fourth-order valence-electron chi connectivity index (χ4n) is 2.07. The van der Waals surface area contributed by atoms with Crippen molar-refractivity contribution >= 4 is 38.4 Å². The minimum absolute atomic E-state index is 0.230. The second-order valence-electron chi connectivity index (χ2n) is 4.47. The van der Waals surface area contributed by atoms with Crippen LogP contribution in [0.1, 0.15) is 10.4 Å². The van der Waals surface area contributed by atoms with Gasteiger partial charge in [-0.2, -0.15) is 5.10 Å². The molecule has 0 aliphatic carbocycles. The second-order valence-corrected chi connectivity index (χ2v) is 5.39. The Morgan fingerprint density at radius 1 is 1.29 bits per heavy atom. The number of carbonyl (C=O) groups excluding carboxylic acids is 1. The quantitative estimate of drug-likeness (QED) is 0.762. The summed E-state index contributed by atoms with van der Waals surface area (Å²) in [6.45, 7) is 0. The van der Waals surface area contributed by atoms with Gasteiger partial charge in [-0.3, -0.25) is 9.89 Å². The van der Waals surface area contributed by atoms with Gasteiger partial charge in [0.2, 0.25) is 0 Å². The van der Waals surface area contributed by atoms with Gasteiger partial charge in [0, 0.05) is 15.5 Å². The maximum Gasteiger partial charge on any atom is 0.259 e. The molecule has 2 aromatic carbocycles. The van der Waals surface area contributed by atoms with Crippen molar-refractivity contribution in [2.24, 2.45) is 0 Å². The number of ether oxygens (including phenoxy) is 1. The molecule has 0 aliphatic heterocycles. The van der Waals surface area contributed by atoms with Crippen molar-refractivity contribution in [1.29, 1.82) is 0 Å². The minimum atomic E-state index is -0.230. The van der Waals surface area contributed by atoms with Crippen molar-refractivity contribution in [3.8, 4) is 5.75 Å². The van der Waals surface area contributed by atoms with Crippen LogP contribution in [-0.4, -0.2) is 23.2 Å². The van der Waals surface area contributed by atoms with E-state index in [1.54, 1.807) is 18.3 Å². The van der Waals surface area contributed by atoms with Crippen LogP contribution in [0.4, 0.5) is 5.69 Å². The zero-order chi connectivity index (χ0) is 14.8. The Morgan fingerprint density at radius 3 is 2.95 bits per heavy atom. The molecule has 3 rings (SSSR count). The van der Waals surface area contributed by atoms with Gasteiger partial charge in [-0.05, 0) is 36.4 Å². The van der Waals surface area contributed by atoms with E-state index in [2.05, 4.69) is 31.4 Å². The lowest BCUT2D eigenvalue weighted by molar-refractivity contribution is 0.102. The maximum atomic E-state index is 12.4. The Balaban J connectivity index is 1.90. The van der Waals surface area contributed by atoms with Crippen molar-refractivity contribution in [2.75, 3.05) is 12.4 Å². The largest absolute Gasteiger partial charge is 0.496 e. The number of methoxy groups -OCH3 is 1. The predicted octanol–water partition coefficient (Wildman–Crippen LogP) is 3.59. The lowest BCUT2D eigenvalue weighted by Crippen LogP contribution is -2.13. The molecule has 106 valence electrons. The van der Waals surface area contributed by atoms with Crippen LogP contribution in [0, 0.1) is 0 Å². The molecule has 0 spiro atoms. The molecule has 0 radical (unpaired) electrons. The highest BCUT2D eigenvalue weighted by molar-refractivity contribution is 9.10. The molecule has 0 aliphatic rings. The number of fused-ring (bicyclic) bond motifs is 1. The molecule has 0 unspecified atom stereocenters. The van der Waals surface area contributed by atoms with Gasteiger partial charge >= 0.3 is 0 Å². The van der Waals surface area contributed by atoms with E-state index in [-0.39, 0.29) is 5.91 Å². The number of carbonyl (C=O) groups is 1. The van der Waals surface area contributed by atoms with E-state index in [0.717, 1.165) is 15.4 Å². The molecule has 0 saturated carbocycles. The molecule has 21 heavy (non-hydrogen) atoms. The molecule has 0 fully saturated rings. The summed E-state index contributed by atoms with van der Waals surface area (Å²) in [7, 11) is 1.54. The van der Waals surface area contributed by atoms with Crippen molar-refractivity contribution < 1.29 is 9.53 Å². The molecule has 6 heteroatoms. The number of aromatic nitrogens is 2. The maximum absolute atomic E-state index is 12.4. The van der Waals surface area contributed by atoms with Crippen LogP contribution in [0.25, 0.3) is 10.9 Å². The first kappa shape index (κ1) is 13.6. The van der Waals surface area contributed by atoms with Crippen LogP contribution in [0.5, 0.6) is 5.75 Å². The fourth-order valence-corrected chi connectivity index (χ4v) is 2.43. The number of halogens is 1. The first-order chi connectivity index (χ1) is 10.2. The average molecular weight is 346 g/mol. The van der Waals surface area contributed by atoms with Gasteiger partial charge in [0.25, 0.3) is 5.91 Å². The van der Waals surface area contributed by atoms with Crippen LogP contribution in [0.15, 0.2) is 47.1 Å². The van der Waals surface area contributed by atoms with Crippen LogP contribution >= 0.6 is 15.9 Å². The molecule has 1 heterocycles. The smallest absolute Gasteiger partial charge is 0.259 e. The molecule has 5 nitrogen and oxygen atoms in total. The van der Waals surface area contributed by atoms with E-state index in [9.17, 15) is 4.79 Å². The van der Waals surface area contributed by atoms with Gasteiger partial charge in [0.05, 0.1) is 24.4 Å². The highest BCUT2D eigenvalue weighted by Gasteiger charge is 2.13. The number of aromatic amines is 1. The Labute approximate surface area is 129 Å². The number of amides is 1. The summed E-state index contributed by atoms with van der Waals surface area (Å²) < 4.78 is 6.04. The molecular weight excluding hydrogens is 334 g/mol. The van der Waals surface area contributed by atoms with Crippen molar-refractivity contribution in [2.45, 2.75) is 0 Å². The van der Waals surface area contributed by atoms with Crippen LogP contribution in [0.3, 0.4) is 0 Å². The Hall–Kier alpha value is -2.34. The van der Waals surface area contributed by atoms with Gasteiger partial charge in [-0.25, -0.2) is 0 Å². The predicted molar refractivity (Wildman–Crippen MR) is 84.7 cm³/mol. The fraction of sp³-hybridized carbons (Fsp3) is 0.0667. The van der Waals surface area contributed by atoms with Crippen molar-refractivity contribution in [3.63, 3.8) is 0 Å². The molecule has 2 N–H and O–H groups in total. The van der Waals surface area contributed by atoms with E-state index in [4.69, 9.17) is 4.74 Å². The number of rotatable bonds is 3. The van der Waals surface area contributed by atoms with Gasteiger partial charge in [-0.1, -0.05) is 15.9 Å². The van der Waals surface area contributed by atoms with E-state index < -0.39 is 0 Å². The molecule has 1 aromatic heterocycles. The van der Waals surface area contributed by atoms with Crippen molar-refractivity contribution in [3.05, 3.63) is 52.6 Å². The highest BCUT2D eigenvalue weighted by Crippen LogP contribution is 2.24. The van der Waals surface area contributed by atoms with Gasteiger partial charge in [0.15, 0.2) is 0 Å². The van der Waals surface area contributed by atoms with E-state index in [1.165, 1.54) is 7.11 Å². The summed E-state index contributed by atoms with van der Waals surface area (Å²) in [6.07, 6.45) is 1.73. The third kappa shape index (κ3) is 2.75.